The molecule has 1 aromatic carbocycles. The standard InChI is InChI=1S/C23H32N2O4/c1-17(2)16-29-20-9-7-18(15-21(20)28-3)8-10-22(26)24-11-13-25(14-12-24)23(27)19-5-4-6-19/h7-10,15,17,19H,4-6,11-14,16H2,1-3H3/b10-8+. The molecular formula is C23H32N2O4. The molecule has 0 spiro atoms. The Morgan fingerprint density at radius 2 is 1.79 bits per heavy atom. The molecule has 6 nitrogen and oxygen atoms in total. The van der Waals surface area contributed by atoms with Crippen LogP contribution in [-0.4, -0.2) is 61.5 Å². The van der Waals surface area contributed by atoms with Crippen LogP contribution in [0.2, 0.25) is 0 Å². The fourth-order valence-electron chi connectivity index (χ4n) is 3.50. The quantitative estimate of drug-likeness (QED) is 0.660. The van der Waals surface area contributed by atoms with Crippen LogP contribution >= 0.6 is 0 Å². The normalized spacial score (nSPS) is 17.5. The van der Waals surface area contributed by atoms with E-state index >= 15 is 0 Å². The molecule has 1 aliphatic carbocycles. The van der Waals surface area contributed by atoms with Gasteiger partial charge in [0.1, 0.15) is 0 Å². The summed E-state index contributed by atoms with van der Waals surface area (Å²) in [6.45, 7) is 7.25. The minimum Gasteiger partial charge on any atom is -0.493 e. The first kappa shape index (κ1) is 21.2. The Morgan fingerprint density at radius 3 is 2.38 bits per heavy atom. The van der Waals surface area contributed by atoms with E-state index in [1.807, 2.05) is 23.1 Å². The van der Waals surface area contributed by atoms with Gasteiger partial charge in [-0.2, -0.15) is 0 Å². The molecule has 0 N–H and O–H groups in total. The minimum atomic E-state index is -0.0279. The van der Waals surface area contributed by atoms with Gasteiger partial charge in [-0.15, -0.1) is 0 Å². The van der Waals surface area contributed by atoms with Crippen molar-refractivity contribution >= 4 is 17.9 Å². The van der Waals surface area contributed by atoms with Crippen molar-refractivity contribution in [1.29, 1.82) is 0 Å². The van der Waals surface area contributed by atoms with E-state index < -0.39 is 0 Å². The number of nitrogens with zero attached hydrogens (tertiary/aromatic N) is 2. The van der Waals surface area contributed by atoms with Crippen molar-refractivity contribution in [2.45, 2.75) is 33.1 Å². The number of ether oxygens (including phenoxy) is 2. The predicted octanol–water partition coefficient (Wildman–Crippen LogP) is 3.21. The number of rotatable bonds is 7. The maximum absolute atomic E-state index is 12.5. The van der Waals surface area contributed by atoms with Crippen LogP contribution in [0.1, 0.15) is 38.7 Å². The van der Waals surface area contributed by atoms with Gasteiger partial charge in [0.15, 0.2) is 11.5 Å². The highest BCUT2D eigenvalue weighted by Crippen LogP contribution is 2.29. The van der Waals surface area contributed by atoms with Crippen LogP contribution in [0.15, 0.2) is 24.3 Å². The Labute approximate surface area is 173 Å². The number of carbonyl (C=O) groups excluding carboxylic acids is 2. The second-order valence-corrected chi connectivity index (χ2v) is 8.23. The zero-order valence-corrected chi connectivity index (χ0v) is 17.7. The molecule has 0 aromatic heterocycles. The van der Waals surface area contributed by atoms with Gasteiger partial charge in [-0.25, -0.2) is 0 Å². The smallest absolute Gasteiger partial charge is 0.246 e. The van der Waals surface area contributed by atoms with E-state index in [-0.39, 0.29) is 17.7 Å². The summed E-state index contributed by atoms with van der Waals surface area (Å²) in [6.07, 6.45) is 6.59. The lowest BCUT2D eigenvalue weighted by molar-refractivity contribution is -0.142. The molecule has 29 heavy (non-hydrogen) atoms. The number of carbonyl (C=O) groups is 2. The molecule has 1 saturated carbocycles. The summed E-state index contributed by atoms with van der Waals surface area (Å²) in [5.74, 6) is 2.26. The highest BCUT2D eigenvalue weighted by molar-refractivity contribution is 5.92. The van der Waals surface area contributed by atoms with Crippen LogP contribution < -0.4 is 9.47 Å². The Balaban J connectivity index is 1.53. The lowest BCUT2D eigenvalue weighted by Gasteiger charge is -2.37. The molecule has 2 amide bonds. The third kappa shape index (κ3) is 5.52. The zero-order valence-electron chi connectivity index (χ0n) is 17.7. The summed E-state index contributed by atoms with van der Waals surface area (Å²) < 4.78 is 11.2. The molecule has 1 aromatic rings. The lowest BCUT2D eigenvalue weighted by atomic mass is 9.84. The van der Waals surface area contributed by atoms with Crippen LogP contribution in [0.4, 0.5) is 0 Å². The second kappa shape index (κ2) is 9.81. The van der Waals surface area contributed by atoms with Crippen LogP contribution in [0, 0.1) is 11.8 Å². The van der Waals surface area contributed by atoms with Gasteiger partial charge in [-0.05, 0) is 42.5 Å². The van der Waals surface area contributed by atoms with Crippen LogP contribution in [0.3, 0.4) is 0 Å². The first-order valence-electron chi connectivity index (χ1n) is 10.5. The summed E-state index contributed by atoms with van der Waals surface area (Å²) >= 11 is 0. The summed E-state index contributed by atoms with van der Waals surface area (Å²) in [6, 6.07) is 5.65. The van der Waals surface area contributed by atoms with Gasteiger partial charge in [0.25, 0.3) is 0 Å². The highest BCUT2D eigenvalue weighted by atomic mass is 16.5. The molecule has 0 radical (unpaired) electrons. The Kier molecular flexibility index (Phi) is 7.18. The Morgan fingerprint density at radius 1 is 1.10 bits per heavy atom. The molecule has 1 heterocycles. The van der Waals surface area contributed by atoms with Crippen molar-refractivity contribution < 1.29 is 19.1 Å². The van der Waals surface area contributed by atoms with E-state index in [0.29, 0.717) is 50.2 Å². The third-order valence-corrected chi connectivity index (χ3v) is 5.54. The van der Waals surface area contributed by atoms with Crippen LogP contribution in [-0.2, 0) is 9.59 Å². The van der Waals surface area contributed by atoms with Crippen molar-refractivity contribution in [2.75, 3.05) is 39.9 Å². The number of piperazine rings is 1. The van der Waals surface area contributed by atoms with E-state index in [1.165, 1.54) is 0 Å². The molecule has 2 aliphatic rings. The largest absolute Gasteiger partial charge is 0.493 e. The zero-order chi connectivity index (χ0) is 20.8. The van der Waals surface area contributed by atoms with E-state index in [9.17, 15) is 9.59 Å². The molecule has 158 valence electrons. The van der Waals surface area contributed by atoms with Crippen molar-refractivity contribution in [1.82, 2.24) is 9.80 Å². The van der Waals surface area contributed by atoms with Crippen LogP contribution in [0.5, 0.6) is 11.5 Å². The lowest BCUT2D eigenvalue weighted by Crippen LogP contribution is -2.52. The van der Waals surface area contributed by atoms with Gasteiger partial charge in [-0.1, -0.05) is 26.3 Å². The molecule has 0 unspecified atom stereocenters. The Hall–Kier alpha value is -2.50. The van der Waals surface area contributed by atoms with Gasteiger partial charge < -0.3 is 19.3 Å². The van der Waals surface area contributed by atoms with Gasteiger partial charge in [0.05, 0.1) is 13.7 Å². The summed E-state index contributed by atoms with van der Waals surface area (Å²) in [5.41, 5.74) is 0.880. The highest BCUT2D eigenvalue weighted by Gasteiger charge is 2.31. The Bertz CT molecular complexity index is 747. The average Bonchev–Trinajstić information content (AvgIpc) is 2.69. The fraction of sp³-hybridized carbons (Fsp3) is 0.565. The van der Waals surface area contributed by atoms with E-state index in [0.717, 1.165) is 24.8 Å². The maximum Gasteiger partial charge on any atom is 0.246 e. The summed E-state index contributed by atoms with van der Waals surface area (Å²) in [4.78, 5) is 28.6. The molecule has 0 bridgehead atoms. The van der Waals surface area contributed by atoms with Gasteiger partial charge in [0, 0.05) is 38.2 Å². The molecule has 0 atom stereocenters. The monoisotopic (exact) mass is 400 g/mol. The SMILES string of the molecule is COc1cc(/C=C/C(=O)N2CCN(C(=O)C3CCC3)CC2)ccc1OCC(C)C. The molecule has 6 heteroatoms. The molecule has 3 rings (SSSR count). The topological polar surface area (TPSA) is 59.1 Å². The second-order valence-electron chi connectivity index (χ2n) is 8.23. The van der Waals surface area contributed by atoms with Gasteiger partial charge >= 0.3 is 0 Å². The molecule has 1 aliphatic heterocycles. The van der Waals surface area contributed by atoms with Crippen molar-refractivity contribution in [3.05, 3.63) is 29.8 Å². The maximum atomic E-state index is 12.5. The van der Waals surface area contributed by atoms with Crippen molar-refractivity contribution in [2.24, 2.45) is 11.8 Å². The van der Waals surface area contributed by atoms with Gasteiger partial charge in [-0.3, -0.25) is 9.59 Å². The number of hydrogen-bond acceptors (Lipinski definition) is 4. The van der Waals surface area contributed by atoms with Gasteiger partial charge in [0.2, 0.25) is 11.8 Å². The number of methoxy groups -OCH3 is 1. The van der Waals surface area contributed by atoms with Crippen molar-refractivity contribution in [3.8, 4) is 11.5 Å². The first-order chi connectivity index (χ1) is 14.0. The average molecular weight is 401 g/mol. The molecule has 2 fully saturated rings. The van der Waals surface area contributed by atoms with E-state index in [4.69, 9.17) is 9.47 Å². The molecular weight excluding hydrogens is 368 g/mol. The summed E-state index contributed by atoms with van der Waals surface area (Å²) in [7, 11) is 1.61. The van der Waals surface area contributed by atoms with Crippen LogP contribution in [0.25, 0.3) is 6.08 Å². The third-order valence-electron chi connectivity index (χ3n) is 5.54. The van der Waals surface area contributed by atoms with E-state index in [1.54, 1.807) is 24.2 Å². The molecule has 1 saturated heterocycles. The minimum absolute atomic E-state index is 0.0279. The first-order valence-corrected chi connectivity index (χ1v) is 10.5. The number of benzene rings is 1. The van der Waals surface area contributed by atoms with E-state index in [2.05, 4.69) is 13.8 Å². The summed E-state index contributed by atoms with van der Waals surface area (Å²) in [5, 5.41) is 0. The number of hydrogen-bond donors (Lipinski definition) is 0. The van der Waals surface area contributed by atoms with Crippen molar-refractivity contribution in [3.63, 3.8) is 0 Å². The predicted molar refractivity (Wildman–Crippen MR) is 113 cm³/mol. The number of amides is 2. The fourth-order valence-corrected chi connectivity index (χ4v) is 3.50.